The summed E-state index contributed by atoms with van der Waals surface area (Å²) in [5, 5.41) is 11.4. The molecule has 7 nitrogen and oxygen atoms in total. The van der Waals surface area contributed by atoms with Gasteiger partial charge in [0.15, 0.2) is 0 Å². The van der Waals surface area contributed by atoms with Gasteiger partial charge in [-0.05, 0) is 43.5 Å². The lowest BCUT2D eigenvalue weighted by atomic mass is 9.96. The Morgan fingerprint density at radius 3 is 2.68 bits per heavy atom. The van der Waals surface area contributed by atoms with Crippen molar-refractivity contribution in [2.75, 3.05) is 18.0 Å². The van der Waals surface area contributed by atoms with E-state index in [1.165, 1.54) is 5.56 Å². The van der Waals surface area contributed by atoms with Crippen LogP contribution in [0.4, 0.5) is 6.01 Å². The second-order valence-corrected chi connectivity index (χ2v) is 7.10. The molecule has 3 aromatic rings. The molecule has 4 rings (SSSR count). The highest BCUT2D eigenvalue weighted by molar-refractivity contribution is 5.78. The van der Waals surface area contributed by atoms with Gasteiger partial charge in [-0.25, -0.2) is 0 Å². The molecule has 0 radical (unpaired) electrons. The van der Waals surface area contributed by atoms with E-state index in [1.54, 1.807) is 12.4 Å². The van der Waals surface area contributed by atoms with Crippen LogP contribution in [0.2, 0.25) is 0 Å². The number of hydrogen-bond acceptors (Lipinski definition) is 6. The number of amides is 1. The van der Waals surface area contributed by atoms with Crippen LogP contribution in [0.1, 0.15) is 24.0 Å². The molecule has 1 aliphatic rings. The van der Waals surface area contributed by atoms with Gasteiger partial charge >= 0.3 is 6.01 Å². The maximum Gasteiger partial charge on any atom is 0.318 e. The number of carbonyl (C=O) groups excluding carboxylic acids is 1. The quantitative estimate of drug-likeness (QED) is 0.736. The van der Waals surface area contributed by atoms with E-state index < -0.39 is 0 Å². The minimum atomic E-state index is 0.00686. The van der Waals surface area contributed by atoms with E-state index >= 15 is 0 Å². The summed E-state index contributed by atoms with van der Waals surface area (Å²) in [6.45, 7) is 4.00. The van der Waals surface area contributed by atoms with Crippen LogP contribution >= 0.6 is 0 Å². The third-order valence-electron chi connectivity index (χ3n) is 5.04. The van der Waals surface area contributed by atoms with Crippen molar-refractivity contribution in [1.82, 2.24) is 20.5 Å². The van der Waals surface area contributed by atoms with Gasteiger partial charge in [-0.15, -0.1) is 5.10 Å². The third kappa shape index (κ3) is 4.19. The number of nitrogens with zero attached hydrogens (tertiary/aromatic N) is 4. The first-order valence-corrected chi connectivity index (χ1v) is 9.51. The second kappa shape index (κ2) is 8.21. The number of aryl methyl sites for hydroxylation is 1. The highest BCUT2D eigenvalue weighted by Gasteiger charge is 2.27. The number of hydrogen-bond donors (Lipinski definition) is 1. The van der Waals surface area contributed by atoms with E-state index in [2.05, 4.69) is 25.4 Å². The summed E-state index contributed by atoms with van der Waals surface area (Å²) in [5.41, 5.74) is 3.10. The van der Waals surface area contributed by atoms with Crippen molar-refractivity contribution in [3.63, 3.8) is 0 Å². The molecular weight excluding hydrogens is 354 g/mol. The maximum absolute atomic E-state index is 12.4. The molecule has 1 aromatic carbocycles. The molecule has 7 heteroatoms. The standard InChI is InChI=1S/C21H23N5O2/c1-15-4-6-18(7-5-15)20-24-25-21(28-20)26-11-8-17(9-12-26)19(27)23-14-16-3-2-10-22-13-16/h2-7,10,13,17H,8-9,11-12,14H2,1H3,(H,23,27). The van der Waals surface area contributed by atoms with Crippen LogP contribution in [0.25, 0.3) is 11.5 Å². The summed E-state index contributed by atoms with van der Waals surface area (Å²) in [4.78, 5) is 18.5. The largest absolute Gasteiger partial charge is 0.403 e. The van der Waals surface area contributed by atoms with Crippen LogP contribution in [-0.4, -0.2) is 34.2 Å². The van der Waals surface area contributed by atoms with Crippen molar-refractivity contribution in [3.05, 3.63) is 59.9 Å². The zero-order chi connectivity index (χ0) is 19.3. The number of rotatable bonds is 5. The monoisotopic (exact) mass is 377 g/mol. The fraction of sp³-hybridized carbons (Fsp3) is 0.333. The molecular formula is C21H23N5O2. The van der Waals surface area contributed by atoms with Crippen molar-refractivity contribution in [2.24, 2.45) is 5.92 Å². The highest BCUT2D eigenvalue weighted by atomic mass is 16.4. The summed E-state index contributed by atoms with van der Waals surface area (Å²) in [6, 6.07) is 12.3. The average Bonchev–Trinajstić information content (AvgIpc) is 3.24. The van der Waals surface area contributed by atoms with Crippen molar-refractivity contribution in [2.45, 2.75) is 26.3 Å². The van der Waals surface area contributed by atoms with Gasteiger partial charge in [0.1, 0.15) is 0 Å². The van der Waals surface area contributed by atoms with Gasteiger partial charge in [0.2, 0.25) is 11.8 Å². The lowest BCUT2D eigenvalue weighted by Crippen LogP contribution is -2.40. The molecule has 0 aliphatic carbocycles. The SMILES string of the molecule is Cc1ccc(-c2nnc(N3CCC(C(=O)NCc4cccnc4)CC3)o2)cc1. The van der Waals surface area contributed by atoms with E-state index in [9.17, 15) is 4.79 Å². The molecule has 28 heavy (non-hydrogen) atoms. The second-order valence-electron chi connectivity index (χ2n) is 7.10. The van der Waals surface area contributed by atoms with E-state index in [0.29, 0.717) is 18.5 Å². The van der Waals surface area contributed by atoms with Gasteiger partial charge in [0, 0.05) is 43.5 Å². The molecule has 1 N–H and O–H groups in total. The molecule has 0 saturated carbocycles. The van der Waals surface area contributed by atoms with Gasteiger partial charge < -0.3 is 14.6 Å². The molecule has 3 heterocycles. The summed E-state index contributed by atoms with van der Waals surface area (Å²) < 4.78 is 5.85. The smallest absolute Gasteiger partial charge is 0.318 e. The van der Waals surface area contributed by atoms with E-state index in [4.69, 9.17) is 4.42 Å². The molecule has 1 saturated heterocycles. The molecule has 0 atom stereocenters. The van der Waals surface area contributed by atoms with Crippen LogP contribution in [0.15, 0.2) is 53.2 Å². The Kier molecular flexibility index (Phi) is 5.32. The van der Waals surface area contributed by atoms with Crippen LogP contribution in [-0.2, 0) is 11.3 Å². The normalized spacial score (nSPS) is 14.8. The van der Waals surface area contributed by atoms with Gasteiger partial charge in [-0.1, -0.05) is 28.9 Å². The predicted molar refractivity (Wildman–Crippen MR) is 105 cm³/mol. The molecule has 0 bridgehead atoms. The van der Waals surface area contributed by atoms with Gasteiger partial charge in [-0.2, -0.15) is 0 Å². The number of pyridine rings is 1. The fourth-order valence-electron chi connectivity index (χ4n) is 3.33. The van der Waals surface area contributed by atoms with Crippen molar-refractivity contribution in [1.29, 1.82) is 0 Å². The van der Waals surface area contributed by atoms with Crippen molar-refractivity contribution in [3.8, 4) is 11.5 Å². The first-order chi connectivity index (χ1) is 13.7. The Balaban J connectivity index is 1.30. The van der Waals surface area contributed by atoms with Crippen LogP contribution in [0, 0.1) is 12.8 Å². The minimum absolute atomic E-state index is 0.00686. The first-order valence-electron chi connectivity index (χ1n) is 9.51. The van der Waals surface area contributed by atoms with Gasteiger partial charge in [-0.3, -0.25) is 9.78 Å². The number of carbonyl (C=O) groups is 1. The lowest BCUT2D eigenvalue weighted by molar-refractivity contribution is -0.125. The minimum Gasteiger partial charge on any atom is -0.403 e. The number of benzene rings is 1. The Morgan fingerprint density at radius 2 is 1.96 bits per heavy atom. The summed E-state index contributed by atoms with van der Waals surface area (Å²) in [7, 11) is 0. The summed E-state index contributed by atoms with van der Waals surface area (Å²) in [5.74, 6) is 0.619. The van der Waals surface area contributed by atoms with Gasteiger partial charge in [0.25, 0.3) is 0 Å². The molecule has 2 aromatic heterocycles. The van der Waals surface area contributed by atoms with Gasteiger partial charge in [0.05, 0.1) is 0 Å². The summed E-state index contributed by atoms with van der Waals surface area (Å²) in [6.07, 6.45) is 5.02. The first kappa shape index (κ1) is 18.2. The number of nitrogens with one attached hydrogen (secondary N) is 1. The van der Waals surface area contributed by atoms with Crippen molar-refractivity contribution >= 4 is 11.9 Å². The number of anilines is 1. The Labute approximate surface area is 163 Å². The van der Waals surface area contributed by atoms with E-state index in [0.717, 1.165) is 37.1 Å². The fourth-order valence-corrected chi connectivity index (χ4v) is 3.33. The molecule has 0 spiro atoms. The maximum atomic E-state index is 12.4. The van der Waals surface area contributed by atoms with E-state index in [1.807, 2.05) is 43.3 Å². The Hall–Kier alpha value is -3.22. The topological polar surface area (TPSA) is 84.2 Å². The Morgan fingerprint density at radius 1 is 1.18 bits per heavy atom. The summed E-state index contributed by atoms with van der Waals surface area (Å²) >= 11 is 0. The molecule has 1 fully saturated rings. The Bertz CT molecular complexity index is 915. The zero-order valence-electron chi connectivity index (χ0n) is 15.8. The van der Waals surface area contributed by atoms with Crippen molar-refractivity contribution < 1.29 is 9.21 Å². The third-order valence-corrected chi connectivity index (χ3v) is 5.04. The lowest BCUT2D eigenvalue weighted by Gasteiger charge is -2.29. The van der Waals surface area contributed by atoms with E-state index in [-0.39, 0.29) is 11.8 Å². The van der Waals surface area contributed by atoms with Crippen LogP contribution in [0.3, 0.4) is 0 Å². The number of piperidine rings is 1. The number of aromatic nitrogens is 3. The molecule has 0 unspecified atom stereocenters. The zero-order valence-corrected chi connectivity index (χ0v) is 15.8. The van der Waals surface area contributed by atoms with Crippen LogP contribution in [0.5, 0.6) is 0 Å². The predicted octanol–water partition coefficient (Wildman–Crippen LogP) is 2.97. The molecule has 144 valence electrons. The molecule has 1 amide bonds. The van der Waals surface area contributed by atoms with Crippen LogP contribution < -0.4 is 10.2 Å². The highest BCUT2D eigenvalue weighted by Crippen LogP contribution is 2.26. The molecule has 1 aliphatic heterocycles. The average molecular weight is 377 g/mol.